The molecule has 0 aromatic heterocycles. The first kappa shape index (κ1) is 12.1. The van der Waals surface area contributed by atoms with Crippen molar-refractivity contribution in [2.45, 2.75) is 0 Å². The molecule has 0 bridgehead atoms. The third kappa shape index (κ3) is 3.20. The largest absolute Gasteiger partial charge is 0.554 e. The van der Waals surface area contributed by atoms with E-state index < -0.39 is 7.12 Å². The van der Waals surface area contributed by atoms with Crippen molar-refractivity contribution in [2.24, 2.45) is 0 Å². The van der Waals surface area contributed by atoms with Gasteiger partial charge in [-0.05, 0) is 0 Å². The Morgan fingerprint density at radius 1 is 1.42 bits per heavy atom. The van der Waals surface area contributed by atoms with E-state index in [2.05, 4.69) is 6.07 Å². The molecule has 0 aliphatic rings. The summed E-state index contributed by atoms with van der Waals surface area (Å²) in [5, 5.41) is 17.3. The van der Waals surface area contributed by atoms with Gasteiger partial charge in [-0.2, -0.15) is 12.1 Å². The zero-order valence-electron chi connectivity index (χ0n) is 6.61. The molecule has 0 unspecified atom stereocenters. The first-order valence-electron chi connectivity index (χ1n) is 3.16. The zero-order valence-corrected chi connectivity index (χ0v) is 10.8. The van der Waals surface area contributed by atoms with Gasteiger partial charge in [-0.1, -0.05) is 0 Å². The molecule has 0 saturated heterocycles. The van der Waals surface area contributed by atoms with E-state index >= 15 is 0 Å². The van der Waals surface area contributed by atoms with Crippen LogP contribution in [0.3, 0.4) is 0 Å². The molecule has 0 aliphatic carbocycles. The molecular weight excluding hydrogens is 381 g/mol. The second-order valence-corrected chi connectivity index (χ2v) is 2.06. The number of hydrogen-bond donors (Lipinski definition) is 2. The number of hydrogen-bond acceptors (Lipinski definition) is 3. The third-order valence-corrected chi connectivity index (χ3v) is 1.32. The summed E-state index contributed by atoms with van der Waals surface area (Å²) < 4.78 is 4.85. The van der Waals surface area contributed by atoms with Gasteiger partial charge in [-0.3, -0.25) is 0 Å². The summed E-state index contributed by atoms with van der Waals surface area (Å²) in [5.74, 6) is 0.648. The first-order chi connectivity index (χ1) is 5.24. The van der Waals surface area contributed by atoms with E-state index in [0.29, 0.717) is 11.2 Å². The van der Waals surface area contributed by atoms with Crippen LogP contribution in [0.5, 0.6) is 5.75 Å². The molecule has 0 atom stereocenters. The Kier molecular flexibility index (Phi) is 5.69. The van der Waals surface area contributed by atoms with E-state index in [0.717, 1.165) is 0 Å². The van der Waals surface area contributed by atoms with Crippen molar-refractivity contribution in [3.05, 3.63) is 24.3 Å². The Morgan fingerprint density at radius 2 is 2.08 bits per heavy atom. The van der Waals surface area contributed by atoms with E-state index in [9.17, 15) is 0 Å². The van der Waals surface area contributed by atoms with E-state index in [1.807, 2.05) is 0 Å². The van der Waals surface area contributed by atoms with Crippen molar-refractivity contribution in [1.29, 1.82) is 0 Å². The summed E-state index contributed by atoms with van der Waals surface area (Å²) in [6.45, 7) is 0. The summed E-state index contributed by atoms with van der Waals surface area (Å²) in [6, 6.07) is 7.40. The molecular formula is C7H8BO3U-. The van der Waals surface area contributed by atoms with Crippen molar-refractivity contribution in [2.75, 3.05) is 7.11 Å². The molecule has 0 saturated carbocycles. The fourth-order valence-corrected chi connectivity index (χ4v) is 0.710. The summed E-state index contributed by atoms with van der Waals surface area (Å²) in [4.78, 5) is 0. The van der Waals surface area contributed by atoms with Gasteiger partial charge in [0.05, 0.1) is 7.11 Å². The molecule has 62 valence electrons. The van der Waals surface area contributed by atoms with E-state index in [-0.39, 0.29) is 31.1 Å². The minimum atomic E-state index is -1.46. The van der Waals surface area contributed by atoms with Crippen LogP contribution in [0.4, 0.5) is 0 Å². The number of benzene rings is 1. The normalized spacial score (nSPS) is 8.58. The van der Waals surface area contributed by atoms with Crippen molar-refractivity contribution < 1.29 is 45.9 Å². The Labute approximate surface area is 95.3 Å². The van der Waals surface area contributed by atoms with Gasteiger partial charge in [0, 0.05) is 36.9 Å². The maximum absolute atomic E-state index is 8.67. The predicted octanol–water partition coefficient (Wildman–Crippen LogP) is -0.825. The monoisotopic (exact) mass is 389 g/mol. The quantitative estimate of drug-likeness (QED) is 0.514. The molecule has 2 N–H and O–H groups in total. The molecule has 5 heteroatoms. The molecule has 0 amide bonds. The molecule has 3 nitrogen and oxygen atoms in total. The van der Waals surface area contributed by atoms with Gasteiger partial charge >= 0.3 is 7.12 Å². The fourth-order valence-electron chi connectivity index (χ4n) is 0.710. The van der Waals surface area contributed by atoms with Crippen LogP contribution in [0.15, 0.2) is 18.2 Å². The van der Waals surface area contributed by atoms with E-state index in [1.165, 1.54) is 7.11 Å². The van der Waals surface area contributed by atoms with Gasteiger partial charge in [0.25, 0.3) is 0 Å². The second-order valence-electron chi connectivity index (χ2n) is 2.06. The average Bonchev–Trinajstić information content (AvgIpc) is 2.05. The van der Waals surface area contributed by atoms with Crippen molar-refractivity contribution in [3.8, 4) is 5.75 Å². The maximum atomic E-state index is 8.67. The van der Waals surface area contributed by atoms with E-state index in [4.69, 9.17) is 14.8 Å². The van der Waals surface area contributed by atoms with Crippen LogP contribution in [-0.2, 0) is 0 Å². The Balaban J connectivity index is 0.00000121. The number of ether oxygens (including phenoxy) is 1. The molecule has 0 fully saturated rings. The molecule has 0 radical (unpaired) electrons. The molecule has 12 heavy (non-hydrogen) atoms. The predicted molar refractivity (Wildman–Crippen MR) is 41.7 cm³/mol. The summed E-state index contributed by atoms with van der Waals surface area (Å²) in [6.07, 6.45) is 0. The molecule has 0 heterocycles. The van der Waals surface area contributed by atoms with Crippen LogP contribution in [0, 0.1) is 37.2 Å². The van der Waals surface area contributed by atoms with Gasteiger partial charge in [0.1, 0.15) is 0 Å². The molecule has 0 spiro atoms. The van der Waals surface area contributed by atoms with Crippen LogP contribution >= 0.6 is 0 Å². The number of methoxy groups -OCH3 is 1. The van der Waals surface area contributed by atoms with Crippen LogP contribution in [0.25, 0.3) is 0 Å². The SMILES string of the molecule is COc1c[c-]c(B(O)O)cc1.[U]. The Morgan fingerprint density at radius 3 is 2.42 bits per heavy atom. The van der Waals surface area contributed by atoms with Gasteiger partial charge in [-0.25, -0.2) is 0 Å². The van der Waals surface area contributed by atoms with Gasteiger partial charge in [-0.15, -0.1) is 17.6 Å². The van der Waals surface area contributed by atoms with Crippen LogP contribution in [0.2, 0.25) is 0 Å². The maximum Gasteiger partial charge on any atom is 0.462 e. The molecule has 1 aromatic rings. The topological polar surface area (TPSA) is 49.7 Å². The standard InChI is InChI=1S/C7H8BO3.U/c1-11-7-4-2-6(3-5-7)8(9)10;/h2,4-5,9-10H,1H3;/q-1;. The first-order valence-corrected chi connectivity index (χ1v) is 3.16. The summed E-state index contributed by atoms with van der Waals surface area (Å²) >= 11 is 0. The smallest absolute Gasteiger partial charge is 0.462 e. The van der Waals surface area contributed by atoms with Gasteiger partial charge < -0.3 is 14.8 Å². The minimum absolute atomic E-state index is 0. The van der Waals surface area contributed by atoms with Crippen LogP contribution in [-0.4, -0.2) is 24.3 Å². The average molecular weight is 389 g/mol. The Hall–Kier alpha value is 0.0569. The molecule has 1 rings (SSSR count). The number of rotatable bonds is 2. The molecule has 1 aromatic carbocycles. The van der Waals surface area contributed by atoms with Gasteiger partial charge in [0.2, 0.25) is 0 Å². The minimum Gasteiger partial charge on any atom is -0.554 e. The van der Waals surface area contributed by atoms with E-state index in [1.54, 1.807) is 18.2 Å². The van der Waals surface area contributed by atoms with Gasteiger partial charge in [0.15, 0.2) is 0 Å². The third-order valence-electron chi connectivity index (χ3n) is 1.32. The summed E-state index contributed by atoms with van der Waals surface area (Å²) in [5.41, 5.74) is 0.339. The molecule has 0 aliphatic heterocycles. The Bertz CT molecular complexity index is 225. The van der Waals surface area contributed by atoms with Crippen molar-refractivity contribution >= 4 is 12.6 Å². The summed E-state index contributed by atoms with van der Waals surface area (Å²) in [7, 11) is 0.0824. The van der Waals surface area contributed by atoms with Crippen molar-refractivity contribution in [3.63, 3.8) is 0 Å². The van der Waals surface area contributed by atoms with Crippen LogP contribution < -0.4 is 10.2 Å². The fraction of sp³-hybridized carbons (Fsp3) is 0.143. The zero-order chi connectivity index (χ0) is 8.27. The van der Waals surface area contributed by atoms with Crippen LogP contribution in [0.1, 0.15) is 0 Å². The second kappa shape index (κ2) is 5.66. The van der Waals surface area contributed by atoms with Crippen molar-refractivity contribution in [1.82, 2.24) is 0 Å².